The van der Waals surface area contributed by atoms with E-state index in [0.29, 0.717) is 6.54 Å². The van der Waals surface area contributed by atoms with Gasteiger partial charge in [0.25, 0.3) is 5.91 Å². The standard InChI is InChI=1S/C14H15N5O2/c1-21-10-2-3-12-11(6-10)9(7-16-12)4-5-15-14(20)13-8-17-19-18-13/h2-3,6-8,16H,4-5H2,1H3,(H,15,20)(H,17,18,19). The Bertz CT molecular complexity index is 748. The van der Waals surface area contributed by atoms with E-state index in [0.717, 1.165) is 28.6 Å². The number of nitrogens with one attached hydrogen (secondary N) is 3. The number of methoxy groups -OCH3 is 1. The van der Waals surface area contributed by atoms with E-state index in [1.165, 1.54) is 6.20 Å². The van der Waals surface area contributed by atoms with Crippen LogP contribution < -0.4 is 10.1 Å². The molecule has 1 amide bonds. The molecular weight excluding hydrogens is 270 g/mol. The monoisotopic (exact) mass is 285 g/mol. The first kappa shape index (κ1) is 13.2. The highest BCUT2D eigenvalue weighted by Gasteiger charge is 2.09. The van der Waals surface area contributed by atoms with E-state index < -0.39 is 0 Å². The molecule has 0 radical (unpaired) electrons. The fourth-order valence-corrected chi connectivity index (χ4v) is 2.20. The average Bonchev–Trinajstić information content (AvgIpc) is 3.16. The van der Waals surface area contributed by atoms with Crippen molar-refractivity contribution in [2.75, 3.05) is 13.7 Å². The molecule has 7 nitrogen and oxygen atoms in total. The lowest BCUT2D eigenvalue weighted by atomic mass is 10.1. The molecule has 21 heavy (non-hydrogen) atoms. The third kappa shape index (κ3) is 2.71. The molecule has 108 valence electrons. The van der Waals surface area contributed by atoms with Crippen LogP contribution in [0.2, 0.25) is 0 Å². The van der Waals surface area contributed by atoms with Gasteiger partial charge in [-0.2, -0.15) is 15.4 Å². The fraction of sp³-hybridized carbons (Fsp3) is 0.214. The number of aromatic amines is 2. The number of nitrogens with zero attached hydrogens (tertiary/aromatic N) is 2. The van der Waals surface area contributed by atoms with Crippen molar-refractivity contribution in [2.24, 2.45) is 0 Å². The first-order chi connectivity index (χ1) is 10.3. The highest BCUT2D eigenvalue weighted by atomic mass is 16.5. The van der Waals surface area contributed by atoms with Crippen molar-refractivity contribution in [3.63, 3.8) is 0 Å². The minimum Gasteiger partial charge on any atom is -0.497 e. The molecule has 1 aromatic carbocycles. The van der Waals surface area contributed by atoms with Gasteiger partial charge in [-0.25, -0.2) is 0 Å². The van der Waals surface area contributed by atoms with Gasteiger partial charge in [0, 0.05) is 23.6 Å². The molecule has 7 heteroatoms. The van der Waals surface area contributed by atoms with Gasteiger partial charge in [-0.05, 0) is 30.2 Å². The van der Waals surface area contributed by atoms with Gasteiger partial charge in [0.1, 0.15) is 5.75 Å². The van der Waals surface area contributed by atoms with E-state index >= 15 is 0 Å². The van der Waals surface area contributed by atoms with Crippen molar-refractivity contribution in [1.29, 1.82) is 0 Å². The Morgan fingerprint density at radius 3 is 3.10 bits per heavy atom. The smallest absolute Gasteiger partial charge is 0.273 e. The zero-order chi connectivity index (χ0) is 14.7. The van der Waals surface area contributed by atoms with Crippen LogP contribution >= 0.6 is 0 Å². The van der Waals surface area contributed by atoms with Gasteiger partial charge in [-0.15, -0.1) is 0 Å². The summed E-state index contributed by atoms with van der Waals surface area (Å²) in [7, 11) is 1.64. The van der Waals surface area contributed by atoms with Gasteiger partial charge >= 0.3 is 0 Å². The normalized spacial score (nSPS) is 10.7. The van der Waals surface area contributed by atoms with Crippen LogP contribution in [0.1, 0.15) is 16.1 Å². The van der Waals surface area contributed by atoms with Crippen LogP contribution in [0, 0.1) is 0 Å². The molecule has 3 aromatic rings. The van der Waals surface area contributed by atoms with Crippen molar-refractivity contribution in [1.82, 2.24) is 25.7 Å². The number of benzene rings is 1. The van der Waals surface area contributed by atoms with Gasteiger partial charge < -0.3 is 15.0 Å². The number of ether oxygens (including phenoxy) is 1. The zero-order valence-corrected chi connectivity index (χ0v) is 11.5. The summed E-state index contributed by atoms with van der Waals surface area (Å²) < 4.78 is 5.24. The number of aromatic nitrogens is 4. The number of hydrogen-bond acceptors (Lipinski definition) is 4. The largest absolute Gasteiger partial charge is 0.497 e. The highest BCUT2D eigenvalue weighted by molar-refractivity contribution is 5.91. The minimum atomic E-state index is -0.235. The third-order valence-electron chi connectivity index (χ3n) is 3.30. The lowest BCUT2D eigenvalue weighted by Crippen LogP contribution is -2.25. The summed E-state index contributed by atoms with van der Waals surface area (Å²) in [5, 5.41) is 13.7. The lowest BCUT2D eigenvalue weighted by Gasteiger charge is -2.03. The van der Waals surface area contributed by atoms with Crippen molar-refractivity contribution in [3.05, 3.63) is 41.9 Å². The molecule has 3 rings (SSSR count). The molecule has 0 aliphatic heterocycles. The Kier molecular flexibility index (Phi) is 3.55. The first-order valence-corrected chi connectivity index (χ1v) is 6.56. The molecule has 0 saturated heterocycles. The highest BCUT2D eigenvalue weighted by Crippen LogP contribution is 2.23. The van der Waals surface area contributed by atoms with Crippen LogP contribution in [0.5, 0.6) is 5.75 Å². The maximum absolute atomic E-state index is 11.7. The van der Waals surface area contributed by atoms with E-state index in [-0.39, 0.29) is 11.6 Å². The van der Waals surface area contributed by atoms with Crippen LogP contribution in [-0.4, -0.2) is 40.0 Å². The van der Waals surface area contributed by atoms with Crippen LogP contribution in [0.15, 0.2) is 30.6 Å². The van der Waals surface area contributed by atoms with Crippen molar-refractivity contribution in [2.45, 2.75) is 6.42 Å². The molecule has 0 atom stereocenters. The number of hydrogen-bond donors (Lipinski definition) is 3. The summed E-state index contributed by atoms with van der Waals surface area (Å²) in [4.78, 5) is 14.9. The molecule has 3 N–H and O–H groups in total. The van der Waals surface area contributed by atoms with E-state index in [2.05, 4.69) is 25.7 Å². The molecule has 2 heterocycles. The predicted octanol–water partition coefficient (Wildman–Crippen LogP) is 1.27. The summed E-state index contributed by atoms with van der Waals surface area (Å²) >= 11 is 0. The number of carbonyl (C=O) groups excluding carboxylic acids is 1. The van der Waals surface area contributed by atoms with Gasteiger partial charge in [-0.3, -0.25) is 4.79 Å². The van der Waals surface area contributed by atoms with Gasteiger partial charge in [0.15, 0.2) is 5.69 Å². The Labute approximate surface area is 120 Å². The molecule has 0 bridgehead atoms. The number of amides is 1. The molecule has 0 unspecified atom stereocenters. The second-order valence-corrected chi connectivity index (χ2v) is 4.59. The fourth-order valence-electron chi connectivity index (χ4n) is 2.20. The lowest BCUT2D eigenvalue weighted by molar-refractivity contribution is 0.0949. The molecule has 2 aromatic heterocycles. The van der Waals surface area contributed by atoms with Gasteiger partial charge in [0.2, 0.25) is 0 Å². The van der Waals surface area contributed by atoms with Crippen LogP contribution in [0.3, 0.4) is 0 Å². The number of rotatable bonds is 5. The summed E-state index contributed by atoms with van der Waals surface area (Å²) in [6.45, 7) is 0.524. The predicted molar refractivity (Wildman–Crippen MR) is 77.3 cm³/mol. The molecule has 0 aliphatic rings. The Hall–Kier alpha value is -2.83. The third-order valence-corrected chi connectivity index (χ3v) is 3.30. The van der Waals surface area contributed by atoms with Gasteiger partial charge in [0.05, 0.1) is 13.3 Å². The molecule has 0 saturated carbocycles. The maximum Gasteiger partial charge on any atom is 0.273 e. The molecule has 0 fully saturated rings. The average molecular weight is 285 g/mol. The van der Waals surface area contributed by atoms with Crippen LogP contribution in [0.25, 0.3) is 10.9 Å². The molecular formula is C14H15N5O2. The minimum absolute atomic E-state index is 0.235. The summed E-state index contributed by atoms with van der Waals surface area (Å²) in [5.74, 6) is 0.580. The van der Waals surface area contributed by atoms with Crippen LogP contribution in [0.4, 0.5) is 0 Å². The number of fused-ring (bicyclic) bond motifs is 1. The summed E-state index contributed by atoms with van der Waals surface area (Å²) in [6, 6.07) is 5.88. The number of H-pyrrole nitrogens is 2. The summed E-state index contributed by atoms with van der Waals surface area (Å²) in [5.41, 5.74) is 2.47. The van der Waals surface area contributed by atoms with Crippen molar-refractivity contribution >= 4 is 16.8 Å². The van der Waals surface area contributed by atoms with E-state index in [1.807, 2.05) is 24.4 Å². The van der Waals surface area contributed by atoms with E-state index in [9.17, 15) is 4.79 Å². The SMILES string of the molecule is COc1ccc2[nH]cc(CCNC(=O)c3cn[nH]n3)c2c1. The Balaban J connectivity index is 1.66. The zero-order valence-electron chi connectivity index (χ0n) is 11.5. The van der Waals surface area contributed by atoms with E-state index in [4.69, 9.17) is 4.74 Å². The van der Waals surface area contributed by atoms with Crippen LogP contribution in [-0.2, 0) is 6.42 Å². The Morgan fingerprint density at radius 1 is 1.43 bits per heavy atom. The number of carbonyl (C=O) groups is 1. The Morgan fingerprint density at radius 2 is 2.33 bits per heavy atom. The summed E-state index contributed by atoms with van der Waals surface area (Å²) in [6.07, 6.45) is 4.06. The van der Waals surface area contributed by atoms with Crippen molar-refractivity contribution in [3.8, 4) is 5.75 Å². The second kappa shape index (κ2) is 5.66. The van der Waals surface area contributed by atoms with Crippen molar-refractivity contribution < 1.29 is 9.53 Å². The first-order valence-electron chi connectivity index (χ1n) is 6.56. The van der Waals surface area contributed by atoms with E-state index in [1.54, 1.807) is 7.11 Å². The van der Waals surface area contributed by atoms with Gasteiger partial charge in [-0.1, -0.05) is 0 Å². The molecule has 0 aliphatic carbocycles. The maximum atomic E-state index is 11.7. The topological polar surface area (TPSA) is 95.7 Å². The quantitative estimate of drug-likeness (QED) is 0.657. The molecule has 0 spiro atoms. The second-order valence-electron chi connectivity index (χ2n) is 4.59.